The maximum absolute atomic E-state index is 5.07. The number of ether oxygens (including phenoxy) is 1. The highest BCUT2D eigenvalue weighted by Crippen LogP contribution is 2.11. The van der Waals surface area contributed by atoms with Crippen molar-refractivity contribution in [1.29, 1.82) is 0 Å². The van der Waals surface area contributed by atoms with Gasteiger partial charge in [0.2, 0.25) is 5.88 Å². The molecule has 124 valence electrons. The summed E-state index contributed by atoms with van der Waals surface area (Å²) in [4.78, 5) is 15.4. The van der Waals surface area contributed by atoms with E-state index in [-0.39, 0.29) is 0 Å². The molecule has 7 heteroatoms. The minimum absolute atomic E-state index is 0.569. The summed E-state index contributed by atoms with van der Waals surface area (Å²) in [5.74, 6) is 1.47. The molecule has 2 heterocycles. The Balaban J connectivity index is 2.02. The van der Waals surface area contributed by atoms with Crippen molar-refractivity contribution in [3.63, 3.8) is 0 Å². The predicted molar refractivity (Wildman–Crippen MR) is 93.9 cm³/mol. The highest BCUT2D eigenvalue weighted by Gasteiger charge is 2.08. The van der Waals surface area contributed by atoms with Crippen LogP contribution in [0.15, 0.2) is 28.7 Å². The van der Waals surface area contributed by atoms with Crippen molar-refractivity contribution in [1.82, 2.24) is 20.2 Å². The number of nitrogens with zero attached hydrogens (tertiary/aromatic N) is 4. The van der Waals surface area contributed by atoms with Crippen LogP contribution in [0.1, 0.15) is 23.2 Å². The second-order valence-electron chi connectivity index (χ2n) is 5.09. The SMILES string of the molecule is CCNC(=NCc1ccc(OC)nc1)N(C)Cc1csc(C)n1. The third-order valence-corrected chi connectivity index (χ3v) is 4.00. The molecule has 0 spiro atoms. The average Bonchev–Trinajstić information content (AvgIpc) is 2.96. The first-order valence-electron chi connectivity index (χ1n) is 7.51. The summed E-state index contributed by atoms with van der Waals surface area (Å²) in [6.45, 7) is 6.20. The molecule has 0 saturated heterocycles. The lowest BCUT2D eigenvalue weighted by Gasteiger charge is -2.21. The Morgan fingerprint density at radius 1 is 1.43 bits per heavy atom. The van der Waals surface area contributed by atoms with Crippen LogP contribution in [-0.4, -0.2) is 41.5 Å². The number of nitrogens with one attached hydrogen (secondary N) is 1. The maximum Gasteiger partial charge on any atom is 0.212 e. The number of aromatic nitrogens is 2. The van der Waals surface area contributed by atoms with Gasteiger partial charge in [-0.25, -0.2) is 15.0 Å². The van der Waals surface area contributed by atoms with Gasteiger partial charge in [-0.2, -0.15) is 0 Å². The Kier molecular flexibility index (Phi) is 6.34. The molecule has 2 rings (SSSR count). The van der Waals surface area contributed by atoms with Gasteiger partial charge in [0.15, 0.2) is 5.96 Å². The summed E-state index contributed by atoms with van der Waals surface area (Å²) in [5, 5.41) is 6.48. The maximum atomic E-state index is 5.07. The van der Waals surface area contributed by atoms with Crippen LogP contribution in [0.25, 0.3) is 0 Å². The zero-order chi connectivity index (χ0) is 16.7. The van der Waals surface area contributed by atoms with Crippen LogP contribution < -0.4 is 10.1 Å². The molecule has 0 amide bonds. The molecule has 0 radical (unpaired) electrons. The zero-order valence-electron chi connectivity index (χ0n) is 14.0. The van der Waals surface area contributed by atoms with Crippen molar-refractivity contribution in [2.24, 2.45) is 4.99 Å². The standard InChI is InChI=1S/C16H23N5OS/c1-5-17-16(21(3)10-14-11-23-12(2)20-14)19-9-13-6-7-15(22-4)18-8-13/h6-8,11H,5,9-10H2,1-4H3,(H,17,19). The fraction of sp³-hybridized carbons (Fsp3) is 0.438. The van der Waals surface area contributed by atoms with Crippen molar-refractivity contribution < 1.29 is 4.74 Å². The molecular weight excluding hydrogens is 310 g/mol. The first-order valence-corrected chi connectivity index (χ1v) is 8.39. The summed E-state index contributed by atoms with van der Waals surface area (Å²) in [7, 11) is 3.63. The molecule has 2 aromatic heterocycles. The lowest BCUT2D eigenvalue weighted by molar-refractivity contribution is 0.397. The molecule has 2 aromatic rings. The summed E-state index contributed by atoms with van der Waals surface area (Å²) in [5.41, 5.74) is 2.10. The number of guanidine groups is 1. The van der Waals surface area contributed by atoms with Gasteiger partial charge in [-0.05, 0) is 19.4 Å². The minimum atomic E-state index is 0.569. The zero-order valence-corrected chi connectivity index (χ0v) is 14.9. The van der Waals surface area contributed by atoms with Crippen molar-refractivity contribution in [2.75, 3.05) is 20.7 Å². The molecule has 0 aromatic carbocycles. The molecule has 0 aliphatic rings. The number of hydrogen-bond donors (Lipinski definition) is 1. The average molecular weight is 333 g/mol. The van der Waals surface area contributed by atoms with E-state index in [4.69, 9.17) is 4.74 Å². The lowest BCUT2D eigenvalue weighted by Crippen LogP contribution is -2.38. The Morgan fingerprint density at radius 2 is 2.26 bits per heavy atom. The first kappa shape index (κ1) is 17.2. The largest absolute Gasteiger partial charge is 0.481 e. The van der Waals surface area contributed by atoms with Crippen LogP contribution in [0, 0.1) is 6.92 Å². The molecular formula is C16H23N5OS. The van der Waals surface area contributed by atoms with E-state index < -0.39 is 0 Å². The van der Waals surface area contributed by atoms with E-state index >= 15 is 0 Å². The normalized spacial score (nSPS) is 11.4. The number of aliphatic imine (C=N–C) groups is 1. The quantitative estimate of drug-likeness (QED) is 0.650. The molecule has 0 atom stereocenters. The lowest BCUT2D eigenvalue weighted by atomic mass is 10.3. The Labute approximate surface area is 141 Å². The Bertz CT molecular complexity index is 638. The van der Waals surface area contributed by atoms with Crippen LogP contribution in [0.3, 0.4) is 0 Å². The van der Waals surface area contributed by atoms with Crippen LogP contribution in [0.2, 0.25) is 0 Å². The van der Waals surface area contributed by atoms with Gasteiger partial charge in [0.05, 0.1) is 30.9 Å². The fourth-order valence-corrected chi connectivity index (χ4v) is 2.66. The van der Waals surface area contributed by atoms with Gasteiger partial charge in [0, 0.05) is 31.2 Å². The molecule has 0 unspecified atom stereocenters. The van der Waals surface area contributed by atoms with Crippen LogP contribution in [0.5, 0.6) is 5.88 Å². The van der Waals surface area contributed by atoms with E-state index in [9.17, 15) is 0 Å². The van der Waals surface area contributed by atoms with Crippen molar-refractivity contribution in [3.8, 4) is 5.88 Å². The van der Waals surface area contributed by atoms with Crippen LogP contribution in [0.4, 0.5) is 0 Å². The summed E-state index contributed by atoms with van der Waals surface area (Å²) in [6.07, 6.45) is 1.79. The molecule has 0 saturated carbocycles. The van der Waals surface area contributed by atoms with Gasteiger partial charge in [-0.15, -0.1) is 11.3 Å². The van der Waals surface area contributed by atoms with Gasteiger partial charge in [0.1, 0.15) is 0 Å². The van der Waals surface area contributed by atoms with Gasteiger partial charge in [-0.1, -0.05) is 6.07 Å². The first-order chi connectivity index (χ1) is 11.1. The van der Waals surface area contributed by atoms with Crippen molar-refractivity contribution >= 4 is 17.3 Å². The highest BCUT2D eigenvalue weighted by molar-refractivity contribution is 7.09. The van der Waals surface area contributed by atoms with Crippen molar-refractivity contribution in [3.05, 3.63) is 40.0 Å². The van der Waals surface area contributed by atoms with Gasteiger partial charge in [0.25, 0.3) is 0 Å². The van der Waals surface area contributed by atoms with E-state index in [1.807, 2.05) is 26.1 Å². The van der Waals surface area contributed by atoms with E-state index in [1.165, 1.54) is 0 Å². The monoisotopic (exact) mass is 333 g/mol. The Morgan fingerprint density at radius 3 is 2.83 bits per heavy atom. The van der Waals surface area contributed by atoms with Crippen LogP contribution in [-0.2, 0) is 13.1 Å². The van der Waals surface area contributed by atoms with Crippen LogP contribution >= 0.6 is 11.3 Å². The third-order valence-electron chi connectivity index (χ3n) is 3.18. The van der Waals surface area contributed by atoms with E-state index in [2.05, 4.69) is 37.5 Å². The van der Waals surface area contributed by atoms with E-state index in [1.54, 1.807) is 24.6 Å². The van der Waals surface area contributed by atoms with E-state index in [0.717, 1.165) is 35.3 Å². The van der Waals surface area contributed by atoms with Gasteiger partial charge < -0.3 is 15.0 Å². The second-order valence-corrected chi connectivity index (χ2v) is 6.16. The van der Waals surface area contributed by atoms with Gasteiger partial charge in [-0.3, -0.25) is 0 Å². The molecule has 0 aliphatic heterocycles. The highest BCUT2D eigenvalue weighted by atomic mass is 32.1. The number of pyridine rings is 1. The molecule has 23 heavy (non-hydrogen) atoms. The van der Waals surface area contributed by atoms with E-state index in [0.29, 0.717) is 12.4 Å². The predicted octanol–water partition coefficient (Wildman–Crippen LogP) is 2.45. The third kappa shape index (κ3) is 5.21. The van der Waals surface area contributed by atoms with Crippen molar-refractivity contribution in [2.45, 2.75) is 26.9 Å². The second kappa shape index (κ2) is 8.47. The number of thiazole rings is 1. The van der Waals surface area contributed by atoms with Gasteiger partial charge >= 0.3 is 0 Å². The number of methoxy groups -OCH3 is 1. The fourth-order valence-electron chi connectivity index (χ4n) is 2.06. The topological polar surface area (TPSA) is 62.6 Å². The smallest absolute Gasteiger partial charge is 0.212 e. The number of aryl methyl sites for hydroxylation is 1. The molecule has 1 N–H and O–H groups in total. The summed E-state index contributed by atoms with van der Waals surface area (Å²) >= 11 is 1.67. The number of hydrogen-bond acceptors (Lipinski definition) is 5. The Hall–Kier alpha value is -2.15. The number of rotatable bonds is 6. The summed E-state index contributed by atoms with van der Waals surface area (Å²) in [6, 6.07) is 3.82. The molecule has 0 fully saturated rings. The molecule has 0 bridgehead atoms. The molecule has 6 nitrogen and oxygen atoms in total. The molecule has 0 aliphatic carbocycles. The summed E-state index contributed by atoms with van der Waals surface area (Å²) < 4.78 is 5.07. The minimum Gasteiger partial charge on any atom is -0.481 e.